The summed E-state index contributed by atoms with van der Waals surface area (Å²) >= 11 is 0. The molecule has 1 N–H and O–H groups in total. The third-order valence-electron chi connectivity index (χ3n) is 5.63. The van der Waals surface area contributed by atoms with Crippen LogP contribution in [0.3, 0.4) is 0 Å². The molecule has 0 saturated heterocycles. The van der Waals surface area contributed by atoms with Crippen molar-refractivity contribution in [3.63, 3.8) is 0 Å². The summed E-state index contributed by atoms with van der Waals surface area (Å²) in [5, 5.41) is 0. The van der Waals surface area contributed by atoms with Crippen molar-refractivity contribution < 1.29 is 50.9 Å². The molecule has 0 aromatic heterocycles. The Bertz CT molecular complexity index is 1280. The molecule has 2 aromatic carbocycles. The third-order valence-corrected chi connectivity index (χ3v) is 10.5. The highest BCUT2D eigenvalue weighted by atomic mass is 32.2. The minimum Gasteiger partial charge on any atom is -0.457 e. The zero-order valence-electron chi connectivity index (χ0n) is 24.2. The molecule has 2 atom stereocenters. The van der Waals surface area contributed by atoms with Gasteiger partial charge in [0.1, 0.15) is 11.5 Å². The lowest BCUT2D eigenvalue weighted by atomic mass is 9.98. The SMILES string of the molecule is CC(C)(C)C(=O)OCOP(=O)(COOC(=O)C(C)(C)C)C(CCCc1cccc(Oc2ccccc2)c1)S(=O)(=O)O. The van der Waals surface area contributed by atoms with Crippen molar-refractivity contribution in [2.24, 2.45) is 10.8 Å². The first kappa shape index (κ1) is 34.4. The lowest BCUT2D eigenvalue weighted by Crippen LogP contribution is -2.28. The molecule has 0 bridgehead atoms. The van der Waals surface area contributed by atoms with Crippen LogP contribution in [0.4, 0.5) is 0 Å². The first-order valence-electron chi connectivity index (χ1n) is 12.9. The monoisotopic (exact) mass is 614 g/mol. The summed E-state index contributed by atoms with van der Waals surface area (Å²) in [5.41, 5.74) is -1.07. The van der Waals surface area contributed by atoms with E-state index in [-0.39, 0.29) is 12.8 Å². The summed E-state index contributed by atoms with van der Waals surface area (Å²) in [6.07, 6.45) is -0.788. The molecule has 228 valence electrons. The summed E-state index contributed by atoms with van der Waals surface area (Å²) in [5.74, 6) is -0.272. The predicted octanol–water partition coefficient (Wildman–Crippen LogP) is 6.34. The number of para-hydroxylation sites is 1. The van der Waals surface area contributed by atoms with E-state index in [1.165, 1.54) is 0 Å². The number of aryl methyl sites for hydroxylation is 1. The van der Waals surface area contributed by atoms with E-state index in [1.807, 2.05) is 24.3 Å². The number of hydrogen-bond donors (Lipinski definition) is 1. The van der Waals surface area contributed by atoms with Gasteiger partial charge in [-0.3, -0.25) is 23.3 Å². The van der Waals surface area contributed by atoms with Gasteiger partial charge < -0.3 is 9.47 Å². The fraction of sp³-hybridized carbons (Fsp3) is 0.500. The zero-order chi connectivity index (χ0) is 30.9. The van der Waals surface area contributed by atoms with Gasteiger partial charge >= 0.3 is 11.9 Å². The van der Waals surface area contributed by atoms with Crippen LogP contribution >= 0.6 is 7.37 Å². The summed E-state index contributed by atoms with van der Waals surface area (Å²) in [6, 6.07) is 16.3. The molecule has 11 nitrogen and oxygen atoms in total. The van der Waals surface area contributed by atoms with E-state index in [0.717, 1.165) is 5.56 Å². The molecule has 0 saturated carbocycles. The number of carbonyl (C=O) groups is 2. The molecule has 13 heteroatoms. The van der Waals surface area contributed by atoms with Gasteiger partial charge in [0, 0.05) is 0 Å². The average molecular weight is 615 g/mol. The molecule has 0 spiro atoms. The smallest absolute Gasteiger partial charge is 0.347 e. The molecule has 0 fully saturated rings. The highest BCUT2D eigenvalue weighted by Crippen LogP contribution is 2.55. The van der Waals surface area contributed by atoms with Crippen molar-refractivity contribution in [1.29, 1.82) is 0 Å². The molecule has 0 heterocycles. The van der Waals surface area contributed by atoms with Gasteiger partial charge in [0.05, 0.1) is 10.8 Å². The summed E-state index contributed by atoms with van der Waals surface area (Å²) < 4.78 is 64.8. The molecule has 41 heavy (non-hydrogen) atoms. The molecule has 2 unspecified atom stereocenters. The van der Waals surface area contributed by atoms with E-state index in [4.69, 9.17) is 23.8 Å². The number of esters is 1. The van der Waals surface area contributed by atoms with E-state index >= 15 is 0 Å². The molecule has 2 rings (SSSR count). The second-order valence-electron chi connectivity index (χ2n) is 11.4. The average Bonchev–Trinajstić information content (AvgIpc) is 2.85. The molecule has 0 aliphatic rings. The van der Waals surface area contributed by atoms with Crippen LogP contribution in [0.5, 0.6) is 11.5 Å². The summed E-state index contributed by atoms with van der Waals surface area (Å²) in [4.78, 5) is 31.8. The molecular weight excluding hydrogens is 575 g/mol. The fourth-order valence-corrected chi connectivity index (χ4v) is 7.15. The summed E-state index contributed by atoms with van der Waals surface area (Å²) in [6.45, 7) is 8.57. The van der Waals surface area contributed by atoms with Crippen molar-refractivity contribution in [3.8, 4) is 11.5 Å². The number of rotatable bonds is 14. The topological polar surface area (TPSA) is 152 Å². The van der Waals surface area contributed by atoms with E-state index in [1.54, 1.807) is 71.9 Å². The van der Waals surface area contributed by atoms with Crippen LogP contribution in [0.1, 0.15) is 59.9 Å². The molecular formula is C28H39O11PS. The maximum absolute atomic E-state index is 13.8. The summed E-state index contributed by atoms with van der Waals surface area (Å²) in [7, 11) is -9.44. The van der Waals surface area contributed by atoms with E-state index in [0.29, 0.717) is 17.9 Å². The van der Waals surface area contributed by atoms with Crippen molar-refractivity contribution in [2.45, 2.75) is 65.8 Å². The number of benzene rings is 2. The molecule has 0 radical (unpaired) electrons. The zero-order valence-corrected chi connectivity index (χ0v) is 25.9. The van der Waals surface area contributed by atoms with E-state index in [9.17, 15) is 27.1 Å². The van der Waals surface area contributed by atoms with Gasteiger partial charge in [-0.2, -0.15) is 13.3 Å². The lowest BCUT2D eigenvalue weighted by Gasteiger charge is -2.26. The minimum absolute atomic E-state index is 0.163. The van der Waals surface area contributed by atoms with E-state index < -0.39 is 58.4 Å². The van der Waals surface area contributed by atoms with Crippen LogP contribution in [0.15, 0.2) is 54.6 Å². The van der Waals surface area contributed by atoms with Crippen LogP contribution in [-0.4, -0.2) is 43.0 Å². The third kappa shape index (κ3) is 11.6. The molecule has 0 aliphatic heterocycles. The second kappa shape index (κ2) is 14.4. The van der Waals surface area contributed by atoms with Crippen LogP contribution in [-0.2, 0) is 49.7 Å². The predicted molar refractivity (Wildman–Crippen MR) is 152 cm³/mol. The molecule has 2 aromatic rings. The largest absolute Gasteiger partial charge is 0.457 e. The number of carbonyl (C=O) groups excluding carboxylic acids is 2. The van der Waals surface area contributed by atoms with Gasteiger partial charge in [0.15, 0.2) is 18.1 Å². The number of ether oxygens (including phenoxy) is 2. The van der Waals surface area contributed by atoms with Gasteiger partial charge in [-0.25, -0.2) is 4.79 Å². The Morgan fingerprint density at radius 1 is 0.902 bits per heavy atom. The van der Waals surface area contributed by atoms with Gasteiger partial charge in [0.25, 0.3) is 17.5 Å². The first-order valence-corrected chi connectivity index (χ1v) is 16.3. The van der Waals surface area contributed by atoms with Gasteiger partial charge in [-0.15, -0.1) is 0 Å². The van der Waals surface area contributed by atoms with Crippen molar-refractivity contribution >= 4 is 29.4 Å². The van der Waals surface area contributed by atoms with Gasteiger partial charge in [0.2, 0.25) is 0 Å². The highest BCUT2D eigenvalue weighted by Gasteiger charge is 2.44. The first-order chi connectivity index (χ1) is 18.9. The van der Waals surface area contributed by atoms with Gasteiger partial charge in [-0.1, -0.05) is 30.3 Å². The van der Waals surface area contributed by atoms with Crippen LogP contribution in [0, 0.1) is 10.8 Å². The van der Waals surface area contributed by atoms with Crippen LogP contribution < -0.4 is 4.74 Å². The highest BCUT2D eigenvalue weighted by molar-refractivity contribution is 7.94. The number of hydrogen-bond acceptors (Lipinski definition) is 10. The van der Waals surface area contributed by atoms with Crippen molar-refractivity contribution in [2.75, 3.05) is 13.1 Å². The minimum atomic E-state index is -4.96. The Balaban J connectivity index is 2.17. The Hall–Kier alpha value is -2.76. The van der Waals surface area contributed by atoms with Crippen LogP contribution in [0.2, 0.25) is 0 Å². The quantitative estimate of drug-likeness (QED) is 0.0634. The Morgan fingerprint density at radius 3 is 2.10 bits per heavy atom. The molecule has 0 amide bonds. The second-order valence-corrected chi connectivity index (χ2v) is 16.0. The standard InChI is InChI=1S/C28H39O11PS/c1-27(2,3)25(29)35-19-37-40(31,20-36-39-26(30)28(4,5)6)24(41(32,33)34)17-11-13-21-12-10-16-23(18-21)38-22-14-8-7-9-15-22/h7-10,12,14-16,18,24H,11,13,17,19-20H2,1-6H3,(H,32,33,34). The fourth-order valence-electron chi connectivity index (χ4n) is 3.29. The van der Waals surface area contributed by atoms with E-state index in [2.05, 4.69) is 0 Å². The lowest BCUT2D eigenvalue weighted by molar-refractivity contribution is -0.269. The van der Waals surface area contributed by atoms with Gasteiger partial charge in [-0.05, 0) is 90.6 Å². The Labute approximate surface area is 241 Å². The van der Waals surface area contributed by atoms with Crippen molar-refractivity contribution in [1.82, 2.24) is 0 Å². The maximum atomic E-state index is 13.8. The Morgan fingerprint density at radius 2 is 1.51 bits per heavy atom. The Kier molecular flexibility index (Phi) is 12.1. The normalized spacial score (nSPS) is 14.5. The molecule has 0 aliphatic carbocycles. The van der Waals surface area contributed by atoms with Crippen molar-refractivity contribution in [3.05, 3.63) is 60.2 Å². The van der Waals surface area contributed by atoms with Crippen LogP contribution in [0.25, 0.3) is 0 Å². The maximum Gasteiger partial charge on any atom is 0.347 e.